The van der Waals surface area contributed by atoms with Crippen molar-refractivity contribution in [1.82, 2.24) is 9.78 Å². The molecule has 2 aliphatic heterocycles. The second-order valence-corrected chi connectivity index (χ2v) is 8.61. The summed E-state index contributed by atoms with van der Waals surface area (Å²) in [6.07, 6.45) is 4.97. The number of carboxylic acid groups (broad SMARTS) is 1. The monoisotopic (exact) mass is 420 g/mol. The normalized spacial score (nSPS) is 30.5. The third-order valence-electron chi connectivity index (χ3n) is 6.07. The first-order chi connectivity index (χ1) is 13.9. The fourth-order valence-electron chi connectivity index (χ4n) is 4.54. The minimum atomic E-state index is -1.20. The van der Waals surface area contributed by atoms with Crippen LogP contribution in [0.5, 0.6) is 5.88 Å². The minimum Gasteiger partial charge on any atom is -0.478 e. The zero-order valence-corrected chi connectivity index (χ0v) is 17.3. The number of aromatic nitrogens is 2. The van der Waals surface area contributed by atoms with Crippen LogP contribution < -0.4 is 4.74 Å². The summed E-state index contributed by atoms with van der Waals surface area (Å²) in [6, 6.07) is 0. The van der Waals surface area contributed by atoms with Crippen molar-refractivity contribution < 1.29 is 24.2 Å². The van der Waals surface area contributed by atoms with Crippen LogP contribution in [-0.2, 0) is 20.9 Å². The van der Waals surface area contributed by atoms with Crippen molar-refractivity contribution in [3.8, 4) is 5.88 Å². The molecule has 3 aliphatic rings. The maximum Gasteiger partial charge on any atom is 0.339 e. The molecule has 8 heteroatoms. The van der Waals surface area contributed by atoms with Gasteiger partial charge in [-0.05, 0) is 42.2 Å². The van der Waals surface area contributed by atoms with Gasteiger partial charge >= 0.3 is 5.97 Å². The Labute approximate surface area is 174 Å². The SMILES string of the molecule is CC(C)[C@@H]1Cn2nc(O[C@@H]3CCOC3)c(Cl)c2/C2=C/C(=O)/C(C(=O)O)=C\CCC21. The molecule has 3 heterocycles. The van der Waals surface area contributed by atoms with Crippen molar-refractivity contribution in [2.24, 2.45) is 17.8 Å². The molecular weight excluding hydrogens is 396 g/mol. The molecule has 1 unspecified atom stereocenters. The maximum absolute atomic E-state index is 12.7. The number of rotatable bonds is 4. The fourth-order valence-corrected chi connectivity index (χ4v) is 4.83. The number of carbonyl (C=O) groups excluding carboxylic acids is 1. The van der Waals surface area contributed by atoms with Crippen LogP contribution in [0.2, 0.25) is 5.02 Å². The lowest BCUT2D eigenvalue weighted by atomic mass is 9.72. The third-order valence-corrected chi connectivity index (χ3v) is 6.41. The molecule has 1 N–H and O–H groups in total. The quantitative estimate of drug-likeness (QED) is 0.751. The summed E-state index contributed by atoms with van der Waals surface area (Å²) in [7, 11) is 0. The number of aliphatic carboxylic acids is 1. The number of carboxylic acids is 1. The van der Waals surface area contributed by atoms with Gasteiger partial charge in [0, 0.05) is 13.0 Å². The largest absolute Gasteiger partial charge is 0.478 e. The number of hydrogen-bond acceptors (Lipinski definition) is 5. The highest BCUT2D eigenvalue weighted by molar-refractivity contribution is 6.34. The molecule has 1 saturated heterocycles. The van der Waals surface area contributed by atoms with E-state index in [4.69, 9.17) is 21.1 Å². The van der Waals surface area contributed by atoms with Crippen molar-refractivity contribution in [2.75, 3.05) is 13.2 Å². The van der Waals surface area contributed by atoms with Crippen LogP contribution in [-0.4, -0.2) is 46.0 Å². The van der Waals surface area contributed by atoms with E-state index in [1.54, 1.807) is 0 Å². The lowest BCUT2D eigenvalue weighted by Gasteiger charge is -2.37. The van der Waals surface area contributed by atoms with Gasteiger partial charge in [-0.15, -0.1) is 5.10 Å². The minimum absolute atomic E-state index is 0.0874. The van der Waals surface area contributed by atoms with Crippen molar-refractivity contribution in [3.63, 3.8) is 0 Å². The van der Waals surface area contributed by atoms with E-state index < -0.39 is 11.8 Å². The predicted octanol–water partition coefficient (Wildman–Crippen LogP) is 3.36. The summed E-state index contributed by atoms with van der Waals surface area (Å²) in [6.45, 7) is 6.15. The van der Waals surface area contributed by atoms with E-state index in [1.165, 1.54) is 12.2 Å². The second kappa shape index (κ2) is 7.95. The molecule has 0 bridgehead atoms. The molecule has 156 valence electrons. The molecule has 1 aromatic heterocycles. The smallest absolute Gasteiger partial charge is 0.339 e. The molecule has 29 heavy (non-hydrogen) atoms. The molecule has 1 aliphatic carbocycles. The van der Waals surface area contributed by atoms with Crippen LogP contribution in [0.3, 0.4) is 0 Å². The summed E-state index contributed by atoms with van der Waals surface area (Å²) in [5.74, 6) is -0.618. The van der Waals surface area contributed by atoms with Gasteiger partial charge in [0.25, 0.3) is 5.88 Å². The van der Waals surface area contributed by atoms with E-state index in [1.807, 2.05) is 4.68 Å². The van der Waals surface area contributed by atoms with E-state index in [0.29, 0.717) is 48.7 Å². The van der Waals surface area contributed by atoms with Gasteiger partial charge < -0.3 is 14.6 Å². The Morgan fingerprint density at radius 3 is 2.86 bits per heavy atom. The van der Waals surface area contributed by atoms with E-state index >= 15 is 0 Å². The molecule has 1 fully saturated rings. The zero-order chi connectivity index (χ0) is 20.7. The molecule has 1 aromatic rings. The van der Waals surface area contributed by atoms with Gasteiger partial charge in [0.2, 0.25) is 0 Å². The molecule has 0 aromatic carbocycles. The Morgan fingerprint density at radius 1 is 1.41 bits per heavy atom. The Hall–Kier alpha value is -2.12. The second-order valence-electron chi connectivity index (χ2n) is 8.23. The standard InChI is InChI=1S/C21H25ClN2O5/c1-11(2)16-9-24-19(18(22)20(23-24)29-12-6-7-28-10-12)15-8-17(25)14(21(26)27)5-3-4-13(15)16/h5,8,11-13,16H,3-4,6-7,9-10H2,1-2H3,(H,26,27)/b14-5+,15-8+/t12-,13?,16+/m1/s1. The van der Waals surface area contributed by atoms with Crippen molar-refractivity contribution in [2.45, 2.75) is 45.8 Å². The van der Waals surface area contributed by atoms with Crippen LogP contribution >= 0.6 is 11.6 Å². The van der Waals surface area contributed by atoms with Crippen molar-refractivity contribution >= 4 is 28.9 Å². The molecule has 4 rings (SSSR count). The molecule has 0 spiro atoms. The number of hydrogen-bond donors (Lipinski definition) is 1. The highest BCUT2D eigenvalue weighted by atomic mass is 35.5. The van der Waals surface area contributed by atoms with Crippen LogP contribution in [0.4, 0.5) is 0 Å². The van der Waals surface area contributed by atoms with Gasteiger partial charge in [-0.3, -0.25) is 9.48 Å². The third kappa shape index (κ3) is 3.73. The zero-order valence-electron chi connectivity index (χ0n) is 16.6. The fraction of sp³-hybridized carbons (Fsp3) is 0.571. The summed E-state index contributed by atoms with van der Waals surface area (Å²) >= 11 is 6.68. The molecule has 7 nitrogen and oxygen atoms in total. The molecular formula is C21H25ClN2O5. The summed E-state index contributed by atoms with van der Waals surface area (Å²) in [4.78, 5) is 24.2. The lowest BCUT2D eigenvalue weighted by Crippen LogP contribution is -2.33. The van der Waals surface area contributed by atoms with Crippen LogP contribution in [0.25, 0.3) is 5.57 Å². The van der Waals surface area contributed by atoms with Crippen LogP contribution in [0.1, 0.15) is 38.8 Å². The van der Waals surface area contributed by atoms with Crippen molar-refractivity contribution in [3.05, 3.63) is 28.4 Å². The first kappa shape index (κ1) is 20.2. The highest BCUT2D eigenvalue weighted by Gasteiger charge is 2.39. The number of ketones is 1. The molecule has 3 atom stereocenters. The molecule has 0 saturated carbocycles. The number of allylic oxidation sites excluding steroid dienone is 3. The number of halogens is 1. The van der Waals surface area contributed by atoms with Gasteiger partial charge in [-0.25, -0.2) is 4.79 Å². The topological polar surface area (TPSA) is 90.7 Å². The van der Waals surface area contributed by atoms with Gasteiger partial charge in [-0.2, -0.15) is 0 Å². The van der Waals surface area contributed by atoms with Crippen LogP contribution in [0, 0.1) is 17.8 Å². The Balaban J connectivity index is 1.78. The first-order valence-electron chi connectivity index (χ1n) is 10.1. The van der Waals surface area contributed by atoms with E-state index in [-0.39, 0.29) is 23.5 Å². The highest BCUT2D eigenvalue weighted by Crippen LogP contribution is 2.47. The van der Waals surface area contributed by atoms with Gasteiger partial charge in [0.1, 0.15) is 16.7 Å². The van der Waals surface area contributed by atoms with E-state index in [2.05, 4.69) is 18.9 Å². The van der Waals surface area contributed by atoms with E-state index in [0.717, 1.165) is 18.4 Å². The van der Waals surface area contributed by atoms with Gasteiger partial charge in [0.05, 0.1) is 18.9 Å². The number of nitrogens with zero attached hydrogens (tertiary/aromatic N) is 2. The molecule has 0 amide bonds. The Bertz CT molecular complexity index is 895. The summed E-state index contributed by atoms with van der Waals surface area (Å²) in [5, 5.41) is 14.4. The number of fused-ring (bicyclic) bond motifs is 3. The van der Waals surface area contributed by atoms with Crippen molar-refractivity contribution in [1.29, 1.82) is 0 Å². The number of ether oxygens (including phenoxy) is 2. The lowest BCUT2D eigenvalue weighted by molar-refractivity contribution is -0.134. The number of carbonyl (C=O) groups is 2. The maximum atomic E-state index is 12.7. The Morgan fingerprint density at radius 2 is 2.21 bits per heavy atom. The van der Waals surface area contributed by atoms with Gasteiger partial charge in [0.15, 0.2) is 5.78 Å². The van der Waals surface area contributed by atoms with E-state index in [9.17, 15) is 14.7 Å². The summed E-state index contributed by atoms with van der Waals surface area (Å²) in [5.41, 5.74) is 1.24. The average molecular weight is 421 g/mol. The predicted molar refractivity (Wildman–Crippen MR) is 107 cm³/mol. The first-order valence-corrected chi connectivity index (χ1v) is 10.4. The Kier molecular flexibility index (Phi) is 5.53. The summed E-state index contributed by atoms with van der Waals surface area (Å²) < 4.78 is 13.2. The van der Waals surface area contributed by atoms with Crippen LogP contribution in [0.15, 0.2) is 17.7 Å². The average Bonchev–Trinajstić information content (AvgIpc) is 3.26. The van der Waals surface area contributed by atoms with Gasteiger partial charge in [-0.1, -0.05) is 31.5 Å². The molecule has 0 radical (unpaired) electrons.